The molecule has 0 fully saturated rings. The van der Waals surface area contributed by atoms with E-state index in [1.807, 2.05) is 0 Å². The van der Waals surface area contributed by atoms with Gasteiger partial charge in [0, 0.05) is 0 Å². The van der Waals surface area contributed by atoms with E-state index in [0.717, 1.165) is 0 Å². The topological polar surface area (TPSA) is 254 Å². The third-order valence-electron chi connectivity index (χ3n) is 4.46. The predicted octanol–water partition coefficient (Wildman–Crippen LogP) is -3.78. The molecule has 0 heterocycles. The summed E-state index contributed by atoms with van der Waals surface area (Å²) in [7, 11) is 0. The molecular weight excluding hydrogens is 430 g/mol. The van der Waals surface area contributed by atoms with E-state index < -0.39 is 72.5 Å². The Morgan fingerprint density at radius 3 is 1.81 bits per heavy atom. The zero-order chi connectivity index (χ0) is 25.0. The molecule has 0 aliphatic rings. The first-order chi connectivity index (χ1) is 14.8. The van der Waals surface area contributed by atoms with Crippen molar-refractivity contribution >= 4 is 29.7 Å². The molecule has 0 saturated carbocycles. The number of nitrogens with one attached hydrogen (secondary N) is 3. The van der Waals surface area contributed by atoms with Gasteiger partial charge in [-0.1, -0.05) is 0 Å². The molecule has 0 saturated heterocycles. The van der Waals surface area contributed by atoms with Crippen LogP contribution in [0.5, 0.6) is 0 Å². The normalized spacial score (nSPS) is 16.6. The Kier molecular flexibility index (Phi) is 13.0. The van der Waals surface area contributed by atoms with Gasteiger partial charge in [-0.15, -0.1) is 0 Å². The summed E-state index contributed by atoms with van der Waals surface area (Å²) >= 11 is 0. The molecule has 184 valence electrons. The molecule has 0 aliphatic carbocycles. The second kappa shape index (κ2) is 14.3. The summed E-state index contributed by atoms with van der Waals surface area (Å²) in [4.78, 5) is 59.3. The van der Waals surface area contributed by atoms with Crippen LogP contribution in [0.3, 0.4) is 0 Å². The van der Waals surface area contributed by atoms with Crippen LogP contribution in [0.2, 0.25) is 0 Å². The van der Waals surface area contributed by atoms with E-state index in [0.29, 0.717) is 19.4 Å². The van der Waals surface area contributed by atoms with Gasteiger partial charge in [0.2, 0.25) is 17.7 Å². The summed E-state index contributed by atoms with van der Waals surface area (Å²) in [6.07, 6.45) is -2.65. The third-order valence-corrected chi connectivity index (χ3v) is 4.46. The first-order valence-electron chi connectivity index (χ1n) is 9.99. The summed E-state index contributed by atoms with van der Waals surface area (Å²) in [6.45, 7) is 2.76. The second-order valence-corrected chi connectivity index (χ2v) is 7.34. The molecule has 0 bridgehead atoms. The Morgan fingerprint density at radius 2 is 1.38 bits per heavy atom. The lowest BCUT2D eigenvalue weighted by atomic mass is 10.0. The van der Waals surface area contributed by atoms with Crippen LogP contribution in [0, 0.1) is 0 Å². The second-order valence-electron chi connectivity index (χ2n) is 7.34. The third kappa shape index (κ3) is 10.5. The number of unbranched alkanes of at least 4 members (excludes halogenated alkanes) is 1. The molecule has 3 amide bonds. The van der Waals surface area contributed by atoms with Crippen molar-refractivity contribution in [3.05, 3.63) is 0 Å². The van der Waals surface area contributed by atoms with E-state index in [2.05, 4.69) is 16.0 Å². The zero-order valence-electron chi connectivity index (χ0n) is 18.0. The maximum absolute atomic E-state index is 12.7. The first kappa shape index (κ1) is 29.2. The lowest BCUT2D eigenvalue weighted by Crippen LogP contribution is -2.60. The number of aliphatic hydroxyl groups is 2. The number of carbonyl (C=O) groups is 5. The maximum Gasteiger partial charge on any atom is 0.326 e. The van der Waals surface area contributed by atoms with Gasteiger partial charge in [0.15, 0.2) is 0 Å². The van der Waals surface area contributed by atoms with Crippen molar-refractivity contribution in [1.82, 2.24) is 16.0 Å². The lowest BCUT2D eigenvalue weighted by Gasteiger charge is -2.26. The van der Waals surface area contributed by atoms with E-state index in [1.54, 1.807) is 0 Å². The Balaban J connectivity index is 5.47. The van der Waals surface area contributed by atoms with E-state index in [-0.39, 0.29) is 6.42 Å². The van der Waals surface area contributed by atoms with Crippen molar-refractivity contribution in [2.75, 3.05) is 6.54 Å². The Hall–Kier alpha value is -2.81. The van der Waals surface area contributed by atoms with Crippen molar-refractivity contribution in [2.24, 2.45) is 11.5 Å². The smallest absolute Gasteiger partial charge is 0.326 e. The highest BCUT2D eigenvalue weighted by Gasteiger charge is 2.33. The van der Waals surface area contributed by atoms with Crippen LogP contribution in [0.4, 0.5) is 0 Å². The average molecular weight is 463 g/mol. The van der Waals surface area contributed by atoms with E-state index in [1.165, 1.54) is 13.8 Å². The molecule has 6 atom stereocenters. The number of carbonyl (C=O) groups excluding carboxylic acids is 3. The Morgan fingerprint density at radius 1 is 0.812 bits per heavy atom. The van der Waals surface area contributed by atoms with Gasteiger partial charge >= 0.3 is 11.9 Å². The monoisotopic (exact) mass is 463 g/mol. The minimum absolute atomic E-state index is 0.0296. The number of aliphatic carboxylic acids is 2. The number of carboxylic acid groups (broad SMARTS) is 2. The zero-order valence-corrected chi connectivity index (χ0v) is 18.0. The van der Waals surface area contributed by atoms with Crippen LogP contribution < -0.4 is 27.4 Å². The van der Waals surface area contributed by atoms with Gasteiger partial charge in [-0.25, -0.2) is 4.79 Å². The van der Waals surface area contributed by atoms with Crippen LogP contribution in [0.15, 0.2) is 0 Å². The number of aliphatic hydroxyl groups excluding tert-OH is 2. The minimum atomic E-state index is -1.73. The van der Waals surface area contributed by atoms with Crippen LogP contribution in [0.1, 0.15) is 39.5 Å². The minimum Gasteiger partial charge on any atom is -0.481 e. The fourth-order valence-electron chi connectivity index (χ4n) is 2.54. The highest BCUT2D eigenvalue weighted by Crippen LogP contribution is 2.05. The van der Waals surface area contributed by atoms with Gasteiger partial charge in [-0.05, 0) is 39.7 Å². The lowest BCUT2D eigenvalue weighted by molar-refractivity contribution is -0.147. The molecule has 14 nitrogen and oxygen atoms in total. The number of amides is 3. The van der Waals surface area contributed by atoms with Crippen molar-refractivity contribution in [2.45, 2.75) is 75.9 Å². The molecule has 0 radical (unpaired) electrons. The number of nitrogens with two attached hydrogens (primary N) is 2. The van der Waals surface area contributed by atoms with Gasteiger partial charge in [0.05, 0.1) is 18.6 Å². The van der Waals surface area contributed by atoms with E-state index >= 15 is 0 Å². The standard InChI is InChI=1S/C18H33N5O9/c1-8(24)13(20)16(29)23-14(9(2)25)17(30)21-10(5-3-4-6-19)15(28)22-11(18(31)32)7-12(26)27/h8-11,13-14,24-25H,3-7,19-20H2,1-2H3,(H,21,30)(H,22,28)(H,23,29)(H,26,27)(H,31,32)/t8-,9-,10+,11+,13+,14+/m1/s1. The van der Waals surface area contributed by atoms with Crippen molar-refractivity contribution < 1.29 is 44.4 Å². The van der Waals surface area contributed by atoms with Gasteiger partial charge in [-0.2, -0.15) is 0 Å². The predicted molar refractivity (Wildman–Crippen MR) is 110 cm³/mol. The maximum atomic E-state index is 12.7. The van der Waals surface area contributed by atoms with Gasteiger partial charge in [0.25, 0.3) is 0 Å². The van der Waals surface area contributed by atoms with Gasteiger partial charge in [0.1, 0.15) is 24.2 Å². The van der Waals surface area contributed by atoms with Crippen LogP contribution in [-0.2, 0) is 24.0 Å². The van der Waals surface area contributed by atoms with E-state index in [4.69, 9.17) is 21.7 Å². The van der Waals surface area contributed by atoms with E-state index in [9.17, 15) is 34.2 Å². The molecule has 0 rings (SSSR count). The largest absolute Gasteiger partial charge is 0.481 e. The van der Waals surface area contributed by atoms with Crippen molar-refractivity contribution in [1.29, 1.82) is 0 Å². The van der Waals surface area contributed by atoms with Crippen LogP contribution in [0.25, 0.3) is 0 Å². The SMILES string of the molecule is C[C@@H](O)[C@H](N)C(=O)N[C@H](C(=O)N[C@@H](CCCCN)C(=O)N[C@@H](CC(=O)O)C(=O)O)[C@@H](C)O. The molecule has 0 spiro atoms. The number of hydrogen-bond donors (Lipinski definition) is 9. The summed E-state index contributed by atoms with van der Waals surface area (Å²) in [5.41, 5.74) is 10.9. The molecule has 32 heavy (non-hydrogen) atoms. The number of rotatable bonds is 15. The average Bonchev–Trinajstić information content (AvgIpc) is 2.68. The molecule has 0 aromatic heterocycles. The van der Waals surface area contributed by atoms with Gasteiger partial charge < -0.3 is 47.8 Å². The first-order valence-corrected chi connectivity index (χ1v) is 9.99. The Labute approximate surface area is 184 Å². The quantitative estimate of drug-likeness (QED) is 0.106. The molecule has 0 aromatic rings. The summed E-state index contributed by atoms with van der Waals surface area (Å²) in [6, 6.07) is -5.94. The number of hydrogen-bond acceptors (Lipinski definition) is 9. The van der Waals surface area contributed by atoms with Crippen LogP contribution in [-0.4, -0.2) is 93.0 Å². The summed E-state index contributed by atoms with van der Waals surface area (Å²) < 4.78 is 0. The summed E-state index contributed by atoms with van der Waals surface area (Å²) in [5, 5.41) is 43.8. The van der Waals surface area contributed by atoms with Crippen molar-refractivity contribution in [3.8, 4) is 0 Å². The Bertz CT molecular complexity index is 671. The highest BCUT2D eigenvalue weighted by atomic mass is 16.4. The molecule has 0 aromatic carbocycles. The molecule has 0 aliphatic heterocycles. The number of carboxylic acids is 2. The fourth-order valence-corrected chi connectivity index (χ4v) is 2.54. The molecule has 0 unspecified atom stereocenters. The van der Waals surface area contributed by atoms with Crippen molar-refractivity contribution in [3.63, 3.8) is 0 Å². The summed E-state index contributed by atoms with van der Waals surface area (Å²) in [5.74, 6) is -5.87. The molecular formula is C18H33N5O9. The van der Waals surface area contributed by atoms with Gasteiger partial charge in [-0.3, -0.25) is 19.2 Å². The fraction of sp³-hybridized carbons (Fsp3) is 0.722. The highest BCUT2D eigenvalue weighted by molar-refractivity contribution is 5.95. The van der Waals surface area contributed by atoms with Crippen LogP contribution >= 0.6 is 0 Å². The molecule has 14 heteroatoms. The molecule has 11 N–H and O–H groups in total.